The summed E-state index contributed by atoms with van der Waals surface area (Å²) in [6, 6.07) is 6.62. The number of rotatable bonds is 6. The summed E-state index contributed by atoms with van der Waals surface area (Å²) in [4.78, 5) is 29.3. The fourth-order valence-electron chi connectivity index (χ4n) is 3.04. The molecular weight excluding hydrogens is 332 g/mol. The molecule has 6 nitrogen and oxygen atoms in total. The molecule has 6 heteroatoms. The zero-order valence-electron chi connectivity index (χ0n) is 16.4. The molecule has 1 heterocycles. The first kappa shape index (κ1) is 20.0. The SMILES string of the molecule is COc1ccccc1C1C(C(=O)C(C)(C)C)=C(O)C(=O)N1CCN(C)C. The maximum Gasteiger partial charge on any atom is 0.290 e. The number of hydrogen-bond acceptors (Lipinski definition) is 5. The molecule has 1 N–H and O–H groups in total. The number of carbonyl (C=O) groups excluding carboxylic acids is 2. The van der Waals surface area contributed by atoms with Gasteiger partial charge in [-0.05, 0) is 20.2 Å². The maximum absolute atomic E-state index is 13.0. The summed E-state index contributed by atoms with van der Waals surface area (Å²) < 4.78 is 5.45. The second kappa shape index (κ2) is 7.50. The van der Waals surface area contributed by atoms with Crippen molar-refractivity contribution >= 4 is 11.7 Å². The molecule has 1 aliphatic rings. The number of Topliss-reactive ketones (excluding diaryl/α,β-unsaturated/α-hetero) is 1. The zero-order chi connectivity index (χ0) is 19.6. The first-order valence-corrected chi connectivity index (χ1v) is 8.66. The van der Waals surface area contributed by atoms with E-state index in [2.05, 4.69) is 0 Å². The number of ketones is 1. The van der Waals surface area contributed by atoms with Gasteiger partial charge in [0.25, 0.3) is 5.91 Å². The number of nitrogens with zero attached hydrogens (tertiary/aromatic N) is 2. The van der Waals surface area contributed by atoms with Gasteiger partial charge in [0.15, 0.2) is 11.5 Å². The molecule has 142 valence electrons. The highest BCUT2D eigenvalue weighted by Crippen LogP contribution is 2.43. The van der Waals surface area contributed by atoms with Crippen LogP contribution in [0.25, 0.3) is 0 Å². The van der Waals surface area contributed by atoms with E-state index in [1.54, 1.807) is 38.8 Å². The molecule has 0 fully saturated rings. The van der Waals surface area contributed by atoms with E-state index in [9.17, 15) is 14.7 Å². The standard InChI is InChI=1S/C20H28N2O4/c1-20(2,3)18(24)15-16(13-9-7-8-10-14(13)26-6)22(12-11-21(4)5)19(25)17(15)23/h7-10,16,23H,11-12H2,1-6H3. The van der Waals surface area contributed by atoms with Gasteiger partial charge in [-0.15, -0.1) is 0 Å². The molecule has 1 amide bonds. The molecule has 26 heavy (non-hydrogen) atoms. The fraction of sp³-hybridized carbons (Fsp3) is 0.500. The topological polar surface area (TPSA) is 70.1 Å². The van der Waals surface area contributed by atoms with Crippen LogP contribution in [0.1, 0.15) is 32.4 Å². The number of methoxy groups -OCH3 is 1. The number of carbonyl (C=O) groups is 2. The molecule has 1 aliphatic heterocycles. The first-order valence-electron chi connectivity index (χ1n) is 8.66. The smallest absolute Gasteiger partial charge is 0.290 e. The van der Waals surface area contributed by atoms with Crippen molar-refractivity contribution in [2.45, 2.75) is 26.8 Å². The number of aliphatic hydroxyl groups is 1. The molecule has 0 aromatic heterocycles. The molecule has 1 atom stereocenters. The van der Waals surface area contributed by atoms with Crippen LogP contribution >= 0.6 is 0 Å². The number of aliphatic hydroxyl groups excluding tert-OH is 1. The van der Waals surface area contributed by atoms with Crippen molar-refractivity contribution in [1.29, 1.82) is 0 Å². The number of ether oxygens (including phenoxy) is 1. The van der Waals surface area contributed by atoms with E-state index in [0.717, 1.165) is 0 Å². The summed E-state index contributed by atoms with van der Waals surface area (Å²) in [6.45, 7) is 6.34. The Balaban J connectivity index is 2.60. The summed E-state index contributed by atoms with van der Waals surface area (Å²) >= 11 is 0. The van der Waals surface area contributed by atoms with Crippen molar-refractivity contribution in [3.05, 3.63) is 41.2 Å². The summed E-state index contributed by atoms with van der Waals surface area (Å²) in [7, 11) is 5.37. The van der Waals surface area contributed by atoms with Gasteiger partial charge in [-0.1, -0.05) is 39.0 Å². The summed E-state index contributed by atoms with van der Waals surface area (Å²) in [5, 5.41) is 10.5. The van der Waals surface area contributed by atoms with Crippen LogP contribution in [-0.2, 0) is 9.59 Å². The van der Waals surface area contributed by atoms with Gasteiger partial charge in [0.2, 0.25) is 0 Å². The molecular formula is C20H28N2O4. The zero-order valence-corrected chi connectivity index (χ0v) is 16.4. The van der Waals surface area contributed by atoms with Crippen molar-refractivity contribution in [2.75, 3.05) is 34.3 Å². The van der Waals surface area contributed by atoms with Crippen LogP contribution in [0.3, 0.4) is 0 Å². The van der Waals surface area contributed by atoms with Gasteiger partial charge in [-0.3, -0.25) is 9.59 Å². The summed E-state index contributed by atoms with van der Waals surface area (Å²) in [5.74, 6) is -0.643. The van der Waals surface area contributed by atoms with E-state index < -0.39 is 23.1 Å². The number of benzene rings is 1. The first-order chi connectivity index (χ1) is 12.1. The van der Waals surface area contributed by atoms with E-state index in [-0.39, 0.29) is 11.4 Å². The minimum absolute atomic E-state index is 0.144. The second-order valence-corrected chi connectivity index (χ2v) is 7.79. The van der Waals surface area contributed by atoms with Gasteiger partial charge < -0.3 is 19.6 Å². The average molecular weight is 360 g/mol. The molecule has 1 aromatic carbocycles. The largest absolute Gasteiger partial charge is 0.503 e. The molecule has 0 saturated carbocycles. The Morgan fingerprint density at radius 1 is 1.27 bits per heavy atom. The molecule has 0 aliphatic carbocycles. The lowest BCUT2D eigenvalue weighted by Crippen LogP contribution is -2.37. The third-order valence-corrected chi connectivity index (χ3v) is 4.45. The third-order valence-electron chi connectivity index (χ3n) is 4.45. The van der Waals surface area contributed by atoms with Gasteiger partial charge in [0.05, 0.1) is 18.7 Å². The molecule has 0 saturated heterocycles. The second-order valence-electron chi connectivity index (χ2n) is 7.79. The predicted molar refractivity (Wildman–Crippen MR) is 100 cm³/mol. The minimum Gasteiger partial charge on any atom is -0.503 e. The number of para-hydroxylation sites is 1. The normalized spacial score (nSPS) is 18.0. The Bertz CT molecular complexity index is 732. The number of hydrogen-bond donors (Lipinski definition) is 1. The van der Waals surface area contributed by atoms with Crippen LogP contribution in [0.15, 0.2) is 35.6 Å². The highest BCUT2D eigenvalue weighted by Gasteiger charge is 2.46. The van der Waals surface area contributed by atoms with Crippen LogP contribution in [0, 0.1) is 5.41 Å². The van der Waals surface area contributed by atoms with E-state index >= 15 is 0 Å². The predicted octanol–water partition coefficient (Wildman–Crippen LogP) is 2.57. The fourth-order valence-corrected chi connectivity index (χ4v) is 3.04. The Labute approximate surface area is 155 Å². The van der Waals surface area contributed by atoms with Gasteiger partial charge in [0, 0.05) is 24.1 Å². The highest BCUT2D eigenvalue weighted by atomic mass is 16.5. The Kier molecular flexibility index (Phi) is 5.76. The summed E-state index contributed by atoms with van der Waals surface area (Å²) in [6.07, 6.45) is 0. The molecule has 2 rings (SSSR count). The Morgan fingerprint density at radius 2 is 1.88 bits per heavy atom. The van der Waals surface area contributed by atoms with Crippen molar-refractivity contribution < 1.29 is 19.4 Å². The maximum atomic E-state index is 13.0. The molecule has 0 radical (unpaired) electrons. The monoisotopic (exact) mass is 360 g/mol. The molecule has 1 aromatic rings. The Hall–Kier alpha value is -2.34. The minimum atomic E-state index is -0.721. The van der Waals surface area contributed by atoms with Crippen molar-refractivity contribution in [3.63, 3.8) is 0 Å². The average Bonchev–Trinajstić information content (AvgIpc) is 2.82. The van der Waals surface area contributed by atoms with Crippen molar-refractivity contribution in [2.24, 2.45) is 5.41 Å². The van der Waals surface area contributed by atoms with Crippen LogP contribution in [0.4, 0.5) is 0 Å². The van der Waals surface area contributed by atoms with E-state index in [0.29, 0.717) is 24.4 Å². The van der Waals surface area contributed by atoms with Crippen LogP contribution in [0.2, 0.25) is 0 Å². The third kappa shape index (κ3) is 3.75. The lowest BCUT2D eigenvalue weighted by Gasteiger charge is -2.30. The van der Waals surface area contributed by atoms with E-state index in [1.807, 2.05) is 37.2 Å². The summed E-state index contributed by atoms with van der Waals surface area (Å²) in [5.41, 5.74) is 0.117. The number of likely N-dealkylation sites (N-methyl/N-ethyl adjacent to an activating group) is 1. The van der Waals surface area contributed by atoms with Crippen LogP contribution < -0.4 is 4.74 Å². The van der Waals surface area contributed by atoms with Gasteiger partial charge in [0.1, 0.15) is 5.75 Å². The number of amides is 1. The van der Waals surface area contributed by atoms with Crippen LogP contribution in [-0.4, -0.2) is 60.9 Å². The lowest BCUT2D eigenvalue weighted by molar-refractivity contribution is -0.129. The van der Waals surface area contributed by atoms with Crippen LogP contribution in [0.5, 0.6) is 5.75 Å². The van der Waals surface area contributed by atoms with Crippen molar-refractivity contribution in [1.82, 2.24) is 9.80 Å². The van der Waals surface area contributed by atoms with Gasteiger partial charge >= 0.3 is 0 Å². The molecule has 0 bridgehead atoms. The van der Waals surface area contributed by atoms with E-state index in [4.69, 9.17) is 4.74 Å². The van der Waals surface area contributed by atoms with E-state index in [1.165, 1.54) is 0 Å². The Morgan fingerprint density at radius 3 is 2.42 bits per heavy atom. The molecule has 0 spiro atoms. The van der Waals surface area contributed by atoms with Crippen molar-refractivity contribution in [3.8, 4) is 5.75 Å². The quantitative estimate of drug-likeness (QED) is 0.844. The lowest BCUT2D eigenvalue weighted by atomic mass is 9.82. The molecule has 1 unspecified atom stereocenters. The van der Waals surface area contributed by atoms with Gasteiger partial charge in [-0.2, -0.15) is 0 Å². The highest BCUT2D eigenvalue weighted by molar-refractivity contribution is 6.10. The van der Waals surface area contributed by atoms with Gasteiger partial charge in [-0.25, -0.2) is 0 Å².